The number of hydrogen-bond donors (Lipinski definition) is 0. The van der Waals surface area contributed by atoms with Gasteiger partial charge in [-0.3, -0.25) is 4.90 Å². The summed E-state index contributed by atoms with van der Waals surface area (Å²) < 4.78 is 32.9. The molecule has 1 heterocycles. The number of likely N-dealkylation sites (tertiary alicyclic amines) is 1. The SMILES string of the molecule is COC(=O)c1ccc(CN(C(=O)N2CCC(N(C)C)C2)c2ccc(F)cc2Cl)c(F)c1. The quantitative estimate of drug-likeness (QED) is 0.640. The Balaban J connectivity index is 1.93. The molecule has 0 bridgehead atoms. The Morgan fingerprint density at radius 1 is 1.19 bits per heavy atom. The normalized spacial score (nSPS) is 16.0. The highest BCUT2D eigenvalue weighted by Crippen LogP contribution is 2.30. The van der Waals surface area contributed by atoms with Crippen LogP contribution in [0.15, 0.2) is 36.4 Å². The van der Waals surface area contributed by atoms with Crippen LogP contribution < -0.4 is 4.90 Å². The average molecular weight is 452 g/mol. The molecule has 1 saturated heterocycles. The highest BCUT2D eigenvalue weighted by Gasteiger charge is 2.32. The van der Waals surface area contributed by atoms with Crippen LogP contribution in [0, 0.1) is 11.6 Å². The van der Waals surface area contributed by atoms with E-state index in [0.29, 0.717) is 13.1 Å². The minimum Gasteiger partial charge on any atom is -0.465 e. The fraction of sp³-hybridized carbons (Fsp3) is 0.364. The number of ether oxygens (including phenoxy) is 1. The lowest BCUT2D eigenvalue weighted by Gasteiger charge is -2.29. The molecule has 166 valence electrons. The molecule has 1 fully saturated rings. The first-order valence-electron chi connectivity index (χ1n) is 9.76. The molecule has 9 heteroatoms. The second-order valence-corrected chi connectivity index (χ2v) is 8.02. The summed E-state index contributed by atoms with van der Waals surface area (Å²) in [5, 5.41) is 0.0447. The summed E-state index contributed by atoms with van der Waals surface area (Å²) in [5.41, 5.74) is 0.525. The molecular weight excluding hydrogens is 428 g/mol. The van der Waals surface area contributed by atoms with Crippen LogP contribution in [0.5, 0.6) is 0 Å². The van der Waals surface area contributed by atoms with Gasteiger partial charge in [-0.1, -0.05) is 17.7 Å². The third-order valence-corrected chi connectivity index (χ3v) is 5.70. The maximum Gasteiger partial charge on any atom is 0.337 e. The first-order valence-corrected chi connectivity index (χ1v) is 10.1. The Hall–Kier alpha value is -2.71. The second-order valence-electron chi connectivity index (χ2n) is 7.61. The predicted octanol–water partition coefficient (Wildman–Crippen LogP) is 4.17. The van der Waals surface area contributed by atoms with Gasteiger partial charge < -0.3 is 14.5 Å². The summed E-state index contributed by atoms with van der Waals surface area (Å²) in [6.07, 6.45) is 0.811. The number of benzene rings is 2. The van der Waals surface area contributed by atoms with Crippen LogP contribution in [-0.2, 0) is 11.3 Å². The lowest BCUT2D eigenvalue weighted by atomic mass is 10.1. The van der Waals surface area contributed by atoms with Crippen molar-refractivity contribution in [1.82, 2.24) is 9.80 Å². The van der Waals surface area contributed by atoms with Crippen LogP contribution in [0.3, 0.4) is 0 Å². The molecule has 0 radical (unpaired) electrons. The number of methoxy groups -OCH3 is 1. The minimum atomic E-state index is -0.661. The zero-order valence-electron chi connectivity index (χ0n) is 17.6. The number of halogens is 3. The molecule has 1 aliphatic heterocycles. The number of rotatable bonds is 5. The number of urea groups is 1. The molecule has 0 spiro atoms. The van der Waals surface area contributed by atoms with E-state index < -0.39 is 17.6 Å². The number of esters is 1. The van der Waals surface area contributed by atoms with Crippen molar-refractivity contribution in [2.75, 3.05) is 39.2 Å². The van der Waals surface area contributed by atoms with Crippen molar-refractivity contribution >= 4 is 29.3 Å². The van der Waals surface area contributed by atoms with Gasteiger partial charge in [0.1, 0.15) is 11.6 Å². The van der Waals surface area contributed by atoms with Gasteiger partial charge in [0.2, 0.25) is 0 Å². The molecule has 2 aromatic carbocycles. The van der Waals surface area contributed by atoms with Crippen molar-refractivity contribution in [3.63, 3.8) is 0 Å². The van der Waals surface area contributed by atoms with E-state index in [-0.39, 0.29) is 40.5 Å². The highest BCUT2D eigenvalue weighted by atomic mass is 35.5. The van der Waals surface area contributed by atoms with E-state index in [0.717, 1.165) is 18.6 Å². The number of anilines is 1. The Morgan fingerprint density at radius 2 is 1.94 bits per heavy atom. The van der Waals surface area contributed by atoms with Crippen molar-refractivity contribution in [1.29, 1.82) is 0 Å². The van der Waals surface area contributed by atoms with Crippen molar-refractivity contribution < 1.29 is 23.1 Å². The van der Waals surface area contributed by atoms with E-state index in [1.807, 2.05) is 19.0 Å². The highest BCUT2D eigenvalue weighted by molar-refractivity contribution is 6.33. The molecule has 6 nitrogen and oxygen atoms in total. The fourth-order valence-corrected chi connectivity index (χ4v) is 3.82. The monoisotopic (exact) mass is 451 g/mol. The van der Waals surface area contributed by atoms with E-state index in [1.54, 1.807) is 4.90 Å². The summed E-state index contributed by atoms with van der Waals surface area (Å²) in [4.78, 5) is 30.1. The number of carbonyl (C=O) groups excluding carboxylic acids is 2. The van der Waals surface area contributed by atoms with Crippen molar-refractivity contribution in [3.05, 3.63) is 64.2 Å². The maximum absolute atomic E-state index is 14.7. The van der Waals surface area contributed by atoms with Gasteiger partial charge in [-0.15, -0.1) is 0 Å². The van der Waals surface area contributed by atoms with Crippen molar-refractivity contribution in [2.24, 2.45) is 0 Å². The van der Waals surface area contributed by atoms with Gasteiger partial charge >= 0.3 is 12.0 Å². The summed E-state index contributed by atoms with van der Waals surface area (Å²) in [6.45, 7) is 0.923. The molecule has 2 aromatic rings. The standard InChI is InChI=1S/C22H24ClF2N3O3/c1-26(2)17-8-9-27(13-17)22(30)28(20-7-6-16(24)11-18(20)23)12-15-5-4-14(10-19(15)25)21(29)31-3/h4-7,10-11,17H,8-9,12-13H2,1-3H3. The van der Waals surface area contributed by atoms with Crippen LogP contribution in [0.25, 0.3) is 0 Å². The minimum absolute atomic E-state index is 0.0447. The molecule has 2 amide bonds. The third-order valence-electron chi connectivity index (χ3n) is 5.40. The first-order chi connectivity index (χ1) is 14.7. The van der Waals surface area contributed by atoms with Crippen LogP contribution in [0.4, 0.5) is 19.3 Å². The smallest absolute Gasteiger partial charge is 0.337 e. The predicted molar refractivity (Wildman–Crippen MR) is 114 cm³/mol. The van der Waals surface area contributed by atoms with Gasteiger partial charge in [0, 0.05) is 24.7 Å². The van der Waals surface area contributed by atoms with E-state index >= 15 is 0 Å². The van der Waals surface area contributed by atoms with Crippen LogP contribution in [-0.4, -0.2) is 62.1 Å². The molecular formula is C22H24ClF2N3O3. The van der Waals surface area contributed by atoms with Crippen molar-refractivity contribution in [3.8, 4) is 0 Å². The van der Waals surface area contributed by atoms with Gasteiger partial charge in [-0.25, -0.2) is 18.4 Å². The molecule has 0 aliphatic carbocycles. The summed E-state index contributed by atoms with van der Waals surface area (Å²) >= 11 is 6.23. The van der Waals surface area contributed by atoms with Crippen LogP contribution in [0.2, 0.25) is 5.02 Å². The Morgan fingerprint density at radius 3 is 2.52 bits per heavy atom. The number of carbonyl (C=O) groups is 2. The van der Waals surface area contributed by atoms with E-state index in [1.165, 1.54) is 36.3 Å². The number of hydrogen-bond acceptors (Lipinski definition) is 4. The number of likely N-dealkylation sites (N-methyl/N-ethyl adjacent to an activating group) is 1. The fourth-order valence-electron chi connectivity index (χ4n) is 3.55. The first kappa shape index (κ1) is 23.0. The van der Waals surface area contributed by atoms with E-state index in [2.05, 4.69) is 4.74 Å². The summed E-state index contributed by atoms with van der Waals surface area (Å²) in [6, 6.07) is 7.48. The largest absolute Gasteiger partial charge is 0.465 e. The van der Waals surface area contributed by atoms with Crippen LogP contribution >= 0.6 is 11.6 Å². The maximum atomic E-state index is 14.7. The third kappa shape index (κ3) is 5.14. The molecule has 31 heavy (non-hydrogen) atoms. The Bertz CT molecular complexity index is 986. The molecule has 3 rings (SSSR count). The van der Waals surface area contributed by atoms with E-state index in [4.69, 9.17) is 11.6 Å². The lowest BCUT2D eigenvalue weighted by molar-refractivity contribution is 0.0600. The number of nitrogens with zero attached hydrogens (tertiary/aromatic N) is 3. The molecule has 1 atom stereocenters. The van der Waals surface area contributed by atoms with Gasteiger partial charge in [-0.2, -0.15) is 0 Å². The van der Waals surface area contributed by atoms with Crippen molar-refractivity contribution in [2.45, 2.75) is 19.0 Å². The molecule has 1 aliphatic rings. The molecule has 0 aromatic heterocycles. The van der Waals surface area contributed by atoms with Gasteiger partial charge in [0.25, 0.3) is 0 Å². The van der Waals surface area contributed by atoms with E-state index in [9.17, 15) is 18.4 Å². The summed E-state index contributed by atoms with van der Waals surface area (Å²) in [7, 11) is 5.11. The zero-order valence-corrected chi connectivity index (χ0v) is 18.3. The molecule has 1 unspecified atom stereocenters. The number of amides is 2. The second kappa shape index (κ2) is 9.62. The summed E-state index contributed by atoms with van der Waals surface area (Å²) in [5.74, 6) is -1.86. The lowest BCUT2D eigenvalue weighted by Crippen LogP contribution is -2.43. The average Bonchev–Trinajstić information content (AvgIpc) is 3.23. The Labute approximate surface area is 184 Å². The molecule has 0 N–H and O–H groups in total. The van der Waals surface area contributed by atoms with Gasteiger partial charge in [0.05, 0.1) is 29.9 Å². The topological polar surface area (TPSA) is 53.1 Å². The zero-order chi connectivity index (χ0) is 22.7. The molecule has 0 saturated carbocycles. The van der Waals surface area contributed by atoms with Crippen LogP contribution in [0.1, 0.15) is 22.3 Å². The van der Waals surface area contributed by atoms with Gasteiger partial charge in [-0.05, 0) is 50.8 Å². The van der Waals surface area contributed by atoms with Gasteiger partial charge in [0.15, 0.2) is 0 Å². The Kier molecular flexibility index (Phi) is 7.12.